The van der Waals surface area contributed by atoms with Gasteiger partial charge in [0.15, 0.2) is 0 Å². The Labute approximate surface area is 128 Å². The van der Waals surface area contributed by atoms with Gasteiger partial charge in [0.25, 0.3) is 0 Å². The SMILES string of the molecule is Cc1c(Br)cc(CNC2CC2)cc1S(=O)(=O)NC1CC1. The van der Waals surface area contributed by atoms with Crippen molar-refractivity contribution in [2.45, 2.75) is 56.1 Å². The minimum atomic E-state index is -3.40. The topological polar surface area (TPSA) is 58.2 Å². The van der Waals surface area contributed by atoms with Crippen LogP contribution < -0.4 is 10.0 Å². The smallest absolute Gasteiger partial charge is 0.241 e. The van der Waals surface area contributed by atoms with Gasteiger partial charge in [-0.15, -0.1) is 0 Å². The van der Waals surface area contributed by atoms with Crippen molar-refractivity contribution in [2.24, 2.45) is 0 Å². The Morgan fingerprint density at radius 2 is 1.85 bits per heavy atom. The van der Waals surface area contributed by atoms with Gasteiger partial charge in [0.1, 0.15) is 0 Å². The maximum absolute atomic E-state index is 12.4. The van der Waals surface area contributed by atoms with Gasteiger partial charge in [0, 0.05) is 23.1 Å². The van der Waals surface area contributed by atoms with Crippen molar-refractivity contribution in [3.63, 3.8) is 0 Å². The summed E-state index contributed by atoms with van der Waals surface area (Å²) in [5.74, 6) is 0. The monoisotopic (exact) mass is 358 g/mol. The molecule has 0 aliphatic heterocycles. The Morgan fingerprint density at radius 1 is 1.20 bits per heavy atom. The van der Waals surface area contributed by atoms with E-state index >= 15 is 0 Å². The molecule has 0 heterocycles. The lowest BCUT2D eigenvalue weighted by Gasteiger charge is -2.13. The van der Waals surface area contributed by atoms with Crippen LogP contribution >= 0.6 is 15.9 Å². The normalized spacial score (nSPS) is 19.3. The summed E-state index contributed by atoms with van der Waals surface area (Å²) in [5.41, 5.74) is 1.78. The van der Waals surface area contributed by atoms with Crippen LogP contribution in [0.25, 0.3) is 0 Å². The van der Waals surface area contributed by atoms with Crippen molar-refractivity contribution in [1.29, 1.82) is 0 Å². The number of nitrogens with one attached hydrogen (secondary N) is 2. The lowest BCUT2D eigenvalue weighted by Crippen LogP contribution is -2.27. The largest absolute Gasteiger partial charge is 0.310 e. The van der Waals surface area contributed by atoms with Crippen LogP contribution in [0.3, 0.4) is 0 Å². The van der Waals surface area contributed by atoms with Gasteiger partial charge in [-0.2, -0.15) is 0 Å². The third kappa shape index (κ3) is 3.42. The van der Waals surface area contributed by atoms with Crippen LogP contribution in [0.15, 0.2) is 21.5 Å². The van der Waals surface area contributed by atoms with E-state index in [9.17, 15) is 8.42 Å². The molecule has 1 aromatic rings. The molecule has 0 saturated heterocycles. The molecule has 0 atom stereocenters. The average Bonchev–Trinajstić information content (AvgIpc) is 3.23. The van der Waals surface area contributed by atoms with Crippen molar-refractivity contribution >= 4 is 26.0 Å². The van der Waals surface area contributed by atoms with E-state index in [1.54, 1.807) is 6.07 Å². The van der Waals surface area contributed by atoms with Gasteiger partial charge < -0.3 is 5.32 Å². The number of rotatable bonds is 6. The Hall–Kier alpha value is -0.430. The van der Waals surface area contributed by atoms with E-state index < -0.39 is 10.0 Å². The molecule has 3 rings (SSSR count). The van der Waals surface area contributed by atoms with Crippen LogP contribution in [0.2, 0.25) is 0 Å². The van der Waals surface area contributed by atoms with Crippen LogP contribution in [0.1, 0.15) is 36.8 Å². The van der Waals surface area contributed by atoms with Crippen LogP contribution in [-0.4, -0.2) is 20.5 Å². The summed E-state index contributed by atoms with van der Waals surface area (Å²) < 4.78 is 28.4. The highest BCUT2D eigenvalue weighted by Gasteiger charge is 2.29. The molecule has 2 aliphatic carbocycles. The highest BCUT2D eigenvalue weighted by atomic mass is 79.9. The van der Waals surface area contributed by atoms with Gasteiger partial charge in [-0.3, -0.25) is 0 Å². The molecule has 1 aromatic carbocycles. The molecule has 4 nitrogen and oxygen atoms in total. The minimum Gasteiger partial charge on any atom is -0.310 e. The maximum atomic E-state index is 12.4. The molecule has 0 aromatic heterocycles. The lowest BCUT2D eigenvalue weighted by molar-refractivity contribution is 0.580. The third-order valence-electron chi connectivity index (χ3n) is 3.72. The predicted octanol–water partition coefficient (Wildman–Crippen LogP) is 2.45. The molecule has 0 radical (unpaired) electrons. The van der Waals surface area contributed by atoms with Gasteiger partial charge in [0.2, 0.25) is 10.0 Å². The number of sulfonamides is 1. The summed E-state index contributed by atoms with van der Waals surface area (Å²) in [6.07, 6.45) is 4.34. The first-order valence-electron chi connectivity index (χ1n) is 7.00. The van der Waals surface area contributed by atoms with Crippen molar-refractivity contribution in [1.82, 2.24) is 10.0 Å². The zero-order valence-corrected chi connectivity index (χ0v) is 13.9. The second-order valence-corrected chi connectivity index (χ2v) is 8.29. The van der Waals surface area contributed by atoms with E-state index in [1.807, 2.05) is 13.0 Å². The molecule has 6 heteroatoms. The fourth-order valence-electron chi connectivity index (χ4n) is 2.12. The molecule has 0 amide bonds. The van der Waals surface area contributed by atoms with Crippen LogP contribution in [0.5, 0.6) is 0 Å². The Balaban J connectivity index is 1.86. The first-order valence-corrected chi connectivity index (χ1v) is 9.28. The van der Waals surface area contributed by atoms with E-state index in [0.29, 0.717) is 10.9 Å². The fraction of sp³-hybridized carbons (Fsp3) is 0.571. The van der Waals surface area contributed by atoms with Crippen molar-refractivity contribution in [3.05, 3.63) is 27.7 Å². The van der Waals surface area contributed by atoms with Crippen LogP contribution in [0, 0.1) is 6.92 Å². The zero-order valence-electron chi connectivity index (χ0n) is 11.4. The molecule has 110 valence electrons. The quantitative estimate of drug-likeness (QED) is 0.820. The van der Waals surface area contributed by atoms with Crippen LogP contribution in [-0.2, 0) is 16.6 Å². The highest BCUT2D eigenvalue weighted by Crippen LogP contribution is 2.29. The van der Waals surface area contributed by atoms with E-state index in [2.05, 4.69) is 26.0 Å². The summed E-state index contributed by atoms with van der Waals surface area (Å²) in [4.78, 5) is 0.395. The van der Waals surface area contributed by atoms with Gasteiger partial charge in [0.05, 0.1) is 4.90 Å². The molecule has 2 aliphatic rings. The second kappa shape index (κ2) is 5.40. The number of benzene rings is 1. The fourth-order valence-corrected chi connectivity index (χ4v) is 4.38. The van der Waals surface area contributed by atoms with Crippen molar-refractivity contribution in [2.75, 3.05) is 0 Å². The van der Waals surface area contributed by atoms with Gasteiger partial charge in [-0.1, -0.05) is 15.9 Å². The summed E-state index contributed by atoms with van der Waals surface area (Å²) in [5, 5.41) is 3.42. The summed E-state index contributed by atoms with van der Waals surface area (Å²) in [6, 6.07) is 4.53. The Bertz CT molecular complexity index is 622. The minimum absolute atomic E-state index is 0.131. The van der Waals surface area contributed by atoms with E-state index in [1.165, 1.54) is 12.8 Å². The third-order valence-corrected chi connectivity index (χ3v) is 6.19. The number of hydrogen-bond acceptors (Lipinski definition) is 3. The molecule has 2 fully saturated rings. The van der Waals surface area contributed by atoms with Gasteiger partial charge >= 0.3 is 0 Å². The zero-order chi connectivity index (χ0) is 14.3. The lowest BCUT2D eigenvalue weighted by atomic mass is 10.1. The predicted molar refractivity (Wildman–Crippen MR) is 82.1 cm³/mol. The molecule has 0 unspecified atom stereocenters. The molecule has 0 bridgehead atoms. The summed E-state index contributed by atoms with van der Waals surface area (Å²) >= 11 is 3.47. The highest BCUT2D eigenvalue weighted by molar-refractivity contribution is 9.10. The van der Waals surface area contributed by atoms with E-state index in [0.717, 1.165) is 35.0 Å². The van der Waals surface area contributed by atoms with E-state index in [4.69, 9.17) is 0 Å². The van der Waals surface area contributed by atoms with Crippen LogP contribution in [0.4, 0.5) is 0 Å². The standard InChI is InChI=1S/C14H19BrN2O2S/c1-9-13(15)6-10(8-16-11-2-3-11)7-14(9)20(18,19)17-12-4-5-12/h6-7,11-12,16-17H,2-5,8H2,1H3. The van der Waals surface area contributed by atoms with E-state index in [-0.39, 0.29) is 6.04 Å². The number of hydrogen-bond donors (Lipinski definition) is 2. The first kappa shape index (κ1) is 14.5. The number of halogens is 1. The maximum Gasteiger partial charge on any atom is 0.241 e. The van der Waals surface area contributed by atoms with Crippen molar-refractivity contribution in [3.8, 4) is 0 Å². The molecule has 2 saturated carbocycles. The average molecular weight is 359 g/mol. The first-order chi connectivity index (χ1) is 9.45. The molecular formula is C14H19BrN2O2S. The molecule has 2 N–H and O–H groups in total. The van der Waals surface area contributed by atoms with Crippen molar-refractivity contribution < 1.29 is 8.42 Å². The summed E-state index contributed by atoms with van der Waals surface area (Å²) in [6.45, 7) is 2.55. The van der Waals surface area contributed by atoms with Gasteiger partial charge in [-0.05, 0) is 55.9 Å². The van der Waals surface area contributed by atoms with Gasteiger partial charge in [-0.25, -0.2) is 13.1 Å². The Kier molecular flexibility index (Phi) is 3.92. The molecule has 20 heavy (non-hydrogen) atoms. The molecular weight excluding hydrogens is 340 g/mol. The Morgan fingerprint density at radius 3 is 2.45 bits per heavy atom. The molecule has 0 spiro atoms. The summed E-state index contributed by atoms with van der Waals surface area (Å²) in [7, 11) is -3.40. The second-order valence-electron chi connectivity index (χ2n) is 5.75.